The van der Waals surface area contributed by atoms with Gasteiger partial charge in [-0.25, -0.2) is 13.6 Å². The van der Waals surface area contributed by atoms with E-state index < -0.39 is 17.6 Å². The standard InChI is InChI=1S/C17H17F2NO2/c1-3-10-8-12(11-6-4-5-7-13(11)18)14(19)9-15(20)16(10)17(21)22-2/h4-7,20H,3,8-9H2,1-2H3. The fraction of sp³-hybridized carbons (Fsp3) is 0.294. The van der Waals surface area contributed by atoms with Crippen molar-refractivity contribution in [2.75, 3.05) is 7.11 Å². The SMILES string of the molecule is CCC1=C(C(=O)OC)C(=N)CC(F)=C(c2ccccc2F)C1. The van der Waals surface area contributed by atoms with Gasteiger partial charge in [-0.05, 0) is 30.1 Å². The summed E-state index contributed by atoms with van der Waals surface area (Å²) in [6, 6.07) is 5.94. The summed E-state index contributed by atoms with van der Waals surface area (Å²) in [6.07, 6.45) is 0.214. The molecule has 0 atom stereocenters. The molecule has 0 heterocycles. The molecule has 0 fully saturated rings. The first kappa shape index (κ1) is 16.1. The predicted octanol–water partition coefficient (Wildman–Crippen LogP) is 4.20. The van der Waals surface area contributed by atoms with Gasteiger partial charge in [0, 0.05) is 12.0 Å². The second kappa shape index (κ2) is 6.64. The summed E-state index contributed by atoms with van der Waals surface area (Å²) in [5.41, 5.74) is 0.922. The molecule has 3 nitrogen and oxygen atoms in total. The van der Waals surface area contributed by atoms with Crippen LogP contribution in [0.3, 0.4) is 0 Å². The summed E-state index contributed by atoms with van der Waals surface area (Å²) >= 11 is 0. The minimum atomic E-state index is -0.649. The molecule has 0 amide bonds. The molecule has 22 heavy (non-hydrogen) atoms. The van der Waals surface area contributed by atoms with Crippen molar-refractivity contribution < 1.29 is 18.3 Å². The molecule has 5 heteroatoms. The Labute approximate surface area is 127 Å². The molecule has 1 aromatic rings. The number of esters is 1. The van der Waals surface area contributed by atoms with E-state index in [4.69, 9.17) is 10.1 Å². The number of allylic oxidation sites excluding steroid dienone is 3. The predicted molar refractivity (Wildman–Crippen MR) is 80.7 cm³/mol. The Morgan fingerprint density at radius 1 is 1.27 bits per heavy atom. The molecule has 1 N–H and O–H groups in total. The monoisotopic (exact) mass is 305 g/mol. The van der Waals surface area contributed by atoms with Crippen LogP contribution in [0.2, 0.25) is 0 Å². The Balaban J connectivity index is 2.56. The van der Waals surface area contributed by atoms with Crippen molar-refractivity contribution in [1.29, 1.82) is 5.41 Å². The van der Waals surface area contributed by atoms with Crippen molar-refractivity contribution in [3.8, 4) is 0 Å². The molecular weight excluding hydrogens is 288 g/mol. The third kappa shape index (κ3) is 2.98. The number of carbonyl (C=O) groups excluding carboxylic acids is 1. The Hall–Kier alpha value is -2.30. The molecule has 0 bridgehead atoms. The molecule has 1 aliphatic rings. The summed E-state index contributed by atoms with van der Waals surface area (Å²) < 4.78 is 33.1. The highest BCUT2D eigenvalue weighted by Crippen LogP contribution is 2.36. The first-order valence-corrected chi connectivity index (χ1v) is 7.00. The average molecular weight is 305 g/mol. The fourth-order valence-electron chi connectivity index (χ4n) is 2.58. The first-order chi connectivity index (χ1) is 10.5. The number of nitrogens with one attached hydrogen (secondary N) is 1. The zero-order valence-electron chi connectivity index (χ0n) is 12.5. The molecule has 1 aliphatic carbocycles. The lowest BCUT2D eigenvalue weighted by Crippen LogP contribution is -2.15. The quantitative estimate of drug-likeness (QED) is 0.851. The topological polar surface area (TPSA) is 50.2 Å². The van der Waals surface area contributed by atoms with Crippen LogP contribution in [0, 0.1) is 11.2 Å². The minimum absolute atomic E-state index is 0.0933. The first-order valence-electron chi connectivity index (χ1n) is 7.00. The number of carbonyl (C=O) groups is 1. The van der Waals surface area contributed by atoms with Crippen LogP contribution in [0.4, 0.5) is 8.78 Å². The van der Waals surface area contributed by atoms with E-state index in [9.17, 15) is 13.6 Å². The molecule has 0 aliphatic heterocycles. The van der Waals surface area contributed by atoms with E-state index in [-0.39, 0.29) is 35.3 Å². The highest BCUT2D eigenvalue weighted by atomic mass is 19.1. The van der Waals surface area contributed by atoms with Crippen LogP contribution in [0.5, 0.6) is 0 Å². The van der Waals surface area contributed by atoms with Crippen LogP contribution in [-0.4, -0.2) is 18.8 Å². The number of rotatable bonds is 3. The van der Waals surface area contributed by atoms with E-state index in [1.807, 2.05) is 6.92 Å². The van der Waals surface area contributed by atoms with Gasteiger partial charge in [0.2, 0.25) is 0 Å². The molecule has 0 radical (unpaired) electrons. The number of halogens is 2. The maximum Gasteiger partial charge on any atom is 0.339 e. The highest BCUT2D eigenvalue weighted by Gasteiger charge is 2.27. The Bertz CT molecular complexity index is 690. The number of ether oxygens (including phenoxy) is 1. The maximum atomic E-state index is 14.5. The molecule has 0 aromatic heterocycles. The van der Waals surface area contributed by atoms with E-state index in [0.717, 1.165) is 0 Å². The van der Waals surface area contributed by atoms with Gasteiger partial charge in [-0.2, -0.15) is 0 Å². The molecule has 2 rings (SSSR count). The van der Waals surface area contributed by atoms with Crippen molar-refractivity contribution in [3.63, 3.8) is 0 Å². The molecule has 116 valence electrons. The number of benzene rings is 1. The van der Waals surface area contributed by atoms with Crippen LogP contribution in [0.1, 0.15) is 31.7 Å². The van der Waals surface area contributed by atoms with Crippen LogP contribution >= 0.6 is 0 Å². The Kier molecular flexibility index (Phi) is 4.85. The zero-order valence-corrected chi connectivity index (χ0v) is 12.5. The summed E-state index contributed by atoms with van der Waals surface area (Å²) in [7, 11) is 1.22. The van der Waals surface area contributed by atoms with Crippen molar-refractivity contribution in [1.82, 2.24) is 0 Å². The van der Waals surface area contributed by atoms with E-state index in [1.54, 1.807) is 6.07 Å². The lowest BCUT2D eigenvalue weighted by Gasteiger charge is -2.12. The summed E-state index contributed by atoms with van der Waals surface area (Å²) in [4.78, 5) is 11.9. The zero-order chi connectivity index (χ0) is 16.3. The third-order valence-corrected chi connectivity index (χ3v) is 3.72. The van der Waals surface area contributed by atoms with E-state index >= 15 is 0 Å². The smallest absolute Gasteiger partial charge is 0.339 e. The molecule has 0 saturated carbocycles. The van der Waals surface area contributed by atoms with Gasteiger partial charge in [-0.15, -0.1) is 0 Å². The van der Waals surface area contributed by atoms with E-state index in [1.165, 1.54) is 25.3 Å². The van der Waals surface area contributed by atoms with Gasteiger partial charge < -0.3 is 10.1 Å². The van der Waals surface area contributed by atoms with E-state index in [2.05, 4.69) is 0 Å². The third-order valence-electron chi connectivity index (χ3n) is 3.72. The molecular formula is C17H17F2NO2. The summed E-state index contributed by atoms with van der Waals surface area (Å²) in [5.74, 6) is -1.75. The van der Waals surface area contributed by atoms with Gasteiger partial charge in [0.05, 0.1) is 18.4 Å². The van der Waals surface area contributed by atoms with Crippen molar-refractivity contribution in [2.45, 2.75) is 26.2 Å². The molecule has 1 aromatic carbocycles. The van der Waals surface area contributed by atoms with Crippen molar-refractivity contribution in [3.05, 3.63) is 52.6 Å². The number of hydrogen-bond donors (Lipinski definition) is 1. The van der Waals surface area contributed by atoms with Crippen molar-refractivity contribution >= 4 is 17.3 Å². The molecule has 0 unspecified atom stereocenters. The van der Waals surface area contributed by atoms with Crippen LogP contribution < -0.4 is 0 Å². The van der Waals surface area contributed by atoms with Gasteiger partial charge in [0.15, 0.2) is 0 Å². The highest BCUT2D eigenvalue weighted by molar-refractivity contribution is 6.20. The molecule has 0 spiro atoms. The average Bonchev–Trinajstić information content (AvgIpc) is 2.63. The Morgan fingerprint density at radius 2 is 1.95 bits per heavy atom. The maximum absolute atomic E-state index is 14.5. The van der Waals surface area contributed by atoms with Crippen LogP contribution in [-0.2, 0) is 9.53 Å². The number of methoxy groups -OCH3 is 1. The van der Waals surface area contributed by atoms with Gasteiger partial charge in [0.25, 0.3) is 0 Å². The van der Waals surface area contributed by atoms with Gasteiger partial charge in [0.1, 0.15) is 11.6 Å². The summed E-state index contributed by atoms with van der Waals surface area (Å²) in [6.45, 7) is 1.81. The van der Waals surface area contributed by atoms with Crippen LogP contribution in [0.15, 0.2) is 41.2 Å². The number of hydrogen-bond acceptors (Lipinski definition) is 3. The van der Waals surface area contributed by atoms with Crippen LogP contribution in [0.25, 0.3) is 5.57 Å². The van der Waals surface area contributed by atoms with E-state index in [0.29, 0.717) is 12.0 Å². The second-order valence-corrected chi connectivity index (χ2v) is 5.02. The van der Waals surface area contributed by atoms with Gasteiger partial charge >= 0.3 is 5.97 Å². The van der Waals surface area contributed by atoms with Crippen molar-refractivity contribution in [2.24, 2.45) is 0 Å². The minimum Gasteiger partial charge on any atom is -0.465 e. The largest absolute Gasteiger partial charge is 0.465 e. The normalized spacial score (nSPS) is 15.9. The van der Waals surface area contributed by atoms with Gasteiger partial charge in [-0.3, -0.25) is 0 Å². The second-order valence-electron chi connectivity index (χ2n) is 5.02. The lowest BCUT2D eigenvalue weighted by atomic mass is 9.94. The molecule has 0 saturated heterocycles. The fourth-order valence-corrected chi connectivity index (χ4v) is 2.58. The Morgan fingerprint density at radius 3 is 2.55 bits per heavy atom. The van der Waals surface area contributed by atoms with Gasteiger partial charge in [-0.1, -0.05) is 25.1 Å². The summed E-state index contributed by atoms with van der Waals surface area (Å²) in [5, 5.41) is 7.96. The lowest BCUT2D eigenvalue weighted by molar-refractivity contribution is -0.135.